The summed E-state index contributed by atoms with van der Waals surface area (Å²) in [4.78, 5) is 41.3. The van der Waals surface area contributed by atoms with E-state index in [1.165, 1.54) is 0 Å². The molecule has 1 saturated heterocycles. The molecule has 3 aromatic rings. The highest BCUT2D eigenvalue weighted by Crippen LogP contribution is 2.63. The van der Waals surface area contributed by atoms with Crippen LogP contribution in [0.2, 0.25) is 0 Å². The molecule has 3 aromatic carbocycles. The Balaban J connectivity index is 1.06. The zero-order valence-corrected chi connectivity index (χ0v) is 23.4. The maximum atomic E-state index is 13.9. The van der Waals surface area contributed by atoms with E-state index in [0.29, 0.717) is 45.3 Å². The third-order valence-corrected chi connectivity index (χ3v) is 9.89. The molecule has 8 heteroatoms. The second kappa shape index (κ2) is 10.3. The number of alkyl carbamates (subject to hydrolysis) is 1. The van der Waals surface area contributed by atoms with E-state index < -0.39 is 23.0 Å². The van der Waals surface area contributed by atoms with Crippen molar-refractivity contribution in [3.05, 3.63) is 95.6 Å². The van der Waals surface area contributed by atoms with E-state index >= 15 is 0 Å². The van der Waals surface area contributed by atoms with Gasteiger partial charge in [-0.25, -0.2) is 4.79 Å². The summed E-state index contributed by atoms with van der Waals surface area (Å²) in [7, 11) is 0. The van der Waals surface area contributed by atoms with Gasteiger partial charge in [-0.3, -0.25) is 14.5 Å². The molecule has 0 aromatic heterocycles. The van der Waals surface area contributed by atoms with Crippen LogP contribution >= 0.6 is 0 Å². The lowest BCUT2D eigenvalue weighted by molar-refractivity contribution is -0.144. The van der Waals surface area contributed by atoms with E-state index in [0.717, 1.165) is 27.8 Å². The molecule has 216 valence electrons. The number of nitrogens with one attached hydrogen (secondary N) is 2. The number of fused-ring (bicyclic) bond motifs is 4. The highest BCUT2D eigenvalue weighted by Gasteiger charge is 2.66. The molecule has 2 saturated carbocycles. The van der Waals surface area contributed by atoms with Crippen LogP contribution in [0, 0.1) is 11.3 Å². The highest BCUT2D eigenvalue weighted by molar-refractivity contribution is 5.91. The molecule has 4 atom stereocenters. The molecule has 0 spiro atoms. The summed E-state index contributed by atoms with van der Waals surface area (Å²) in [5.74, 6) is -1.00. The van der Waals surface area contributed by atoms with Crippen LogP contribution in [-0.2, 0) is 20.9 Å². The monoisotopic (exact) mass is 565 g/mol. The summed E-state index contributed by atoms with van der Waals surface area (Å²) < 4.78 is 5.85. The topological polar surface area (TPSA) is 108 Å². The Labute approximate surface area is 245 Å². The third kappa shape index (κ3) is 4.64. The van der Waals surface area contributed by atoms with Crippen LogP contribution in [0.3, 0.4) is 0 Å². The molecule has 3 aliphatic carbocycles. The lowest BCUT2D eigenvalue weighted by Crippen LogP contribution is -2.61. The average molecular weight is 566 g/mol. The minimum absolute atomic E-state index is 0.0801. The number of ether oxygens (including phenoxy) is 1. The Hall–Kier alpha value is -4.17. The summed E-state index contributed by atoms with van der Waals surface area (Å²) in [6.07, 6.45) is 1.60. The SMILES string of the molecule is O=C(NC1(C(=O)N[C@@H]2C[C@H]3C[C@@]3(C(=O)O)C2)CCN(Cc2ccccc2)C1)OCC1c2ccccc2-c2ccccc21. The van der Waals surface area contributed by atoms with E-state index in [4.69, 9.17) is 4.74 Å². The van der Waals surface area contributed by atoms with Crippen molar-refractivity contribution in [2.24, 2.45) is 11.3 Å². The molecular formula is C34H35N3O5. The Kier molecular flexibility index (Phi) is 6.54. The normalized spacial score (nSPS) is 27.5. The lowest BCUT2D eigenvalue weighted by atomic mass is 9.95. The first-order valence-corrected chi connectivity index (χ1v) is 14.8. The van der Waals surface area contributed by atoms with Gasteiger partial charge in [-0.15, -0.1) is 0 Å². The van der Waals surface area contributed by atoms with Crippen molar-refractivity contribution >= 4 is 18.0 Å². The third-order valence-electron chi connectivity index (χ3n) is 9.89. The average Bonchev–Trinajstić information content (AvgIpc) is 3.25. The Morgan fingerprint density at radius 2 is 1.57 bits per heavy atom. The summed E-state index contributed by atoms with van der Waals surface area (Å²) in [6, 6.07) is 26.2. The molecule has 0 bridgehead atoms. The van der Waals surface area contributed by atoms with Crippen molar-refractivity contribution in [2.75, 3.05) is 19.7 Å². The highest BCUT2D eigenvalue weighted by atomic mass is 16.5. The van der Waals surface area contributed by atoms with Crippen molar-refractivity contribution in [3.63, 3.8) is 0 Å². The summed E-state index contributed by atoms with van der Waals surface area (Å²) >= 11 is 0. The summed E-state index contributed by atoms with van der Waals surface area (Å²) in [5.41, 5.74) is 3.83. The second-order valence-corrected chi connectivity index (χ2v) is 12.5. The number of hydrogen-bond acceptors (Lipinski definition) is 5. The molecular weight excluding hydrogens is 530 g/mol. The number of nitrogens with zero attached hydrogens (tertiary/aromatic N) is 1. The van der Waals surface area contributed by atoms with Gasteiger partial charge in [0.15, 0.2) is 0 Å². The molecule has 1 heterocycles. The zero-order valence-electron chi connectivity index (χ0n) is 23.4. The molecule has 1 unspecified atom stereocenters. The van der Waals surface area contributed by atoms with Gasteiger partial charge in [0.25, 0.3) is 0 Å². The maximum absolute atomic E-state index is 13.9. The maximum Gasteiger partial charge on any atom is 0.408 e. The number of amides is 2. The first-order chi connectivity index (χ1) is 20.4. The number of rotatable bonds is 8. The molecule has 0 radical (unpaired) electrons. The Morgan fingerprint density at radius 1 is 0.905 bits per heavy atom. The molecule has 7 rings (SSSR count). The van der Waals surface area contributed by atoms with Crippen LogP contribution in [0.25, 0.3) is 11.1 Å². The molecule has 1 aliphatic heterocycles. The van der Waals surface area contributed by atoms with Gasteiger partial charge in [0.1, 0.15) is 12.1 Å². The minimum atomic E-state index is -1.17. The second-order valence-electron chi connectivity index (χ2n) is 12.5. The fourth-order valence-electron chi connectivity index (χ4n) is 7.63. The van der Waals surface area contributed by atoms with Crippen molar-refractivity contribution in [1.29, 1.82) is 0 Å². The van der Waals surface area contributed by atoms with Crippen LogP contribution in [-0.4, -0.2) is 59.3 Å². The number of carboxylic acids is 1. The quantitative estimate of drug-likeness (QED) is 0.370. The number of carbonyl (C=O) groups is 3. The van der Waals surface area contributed by atoms with Gasteiger partial charge in [0.2, 0.25) is 5.91 Å². The molecule has 3 N–H and O–H groups in total. The molecule has 3 fully saturated rings. The van der Waals surface area contributed by atoms with Gasteiger partial charge in [0, 0.05) is 31.6 Å². The largest absolute Gasteiger partial charge is 0.481 e. The summed E-state index contributed by atoms with van der Waals surface area (Å²) in [5, 5.41) is 15.8. The Morgan fingerprint density at radius 3 is 2.24 bits per heavy atom. The predicted molar refractivity (Wildman–Crippen MR) is 157 cm³/mol. The van der Waals surface area contributed by atoms with Gasteiger partial charge >= 0.3 is 12.1 Å². The van der Waals surface area contributed by atoms with Crippen molar-refractivity contribution < 1.29 is 24.2 Å². The molecule has 4 aliphatic rings. The standard InChI is InChI=1S/C34H35N3O5/c38-30(35-24-16-23-17-33(23,18-24)31(39)40)34(14-15-37(21-34)19-22-8-2-1-3-9-22)36-32(41)42-20-29-27-12-6-4-10-25(27)26-11-5-7-13-28(26)29/h1-13,23-24,29H,14-21H2,(H,35,38)(H,36,41)(H,39,40)/t23-,24+,33+,34?/m0/s1. The van der Waals surface area contributed by atoms with E-state index in [1.807, 2.05) is 42.5 Å². The van der Waals surface area contributed by atoms with Crippen LogP contribution < -0.4 is 10.6 Å². The van der Waals surface area contributed by atoms with Gasteiger partial charge in [-0.2, -0.15) is 0 Å². The minimum Gasteiger partial charge on any atom is -0.481 e. The molecule has 2 amide bonds. The first-order valence-electron chi connectivity index (χ1n) is 14.8. The van der Waals surface area contributed by atoms with Crippen molar-refractivity contribution in [1.82, 2.24) is 15.5 Å². The lowest BCUT2D eigenvalue weighted by Gasteiger charge is -2.31. The van der Waals surface area contributed by atoms with Gasteiger partial charge < -0.3 is 20.5 Å². The van der Waals surface area contributed by atoms with Crippen LogP contribution in [0.1, 0.15) is 48.3 Å². The number of benzene rings is 3. The van der Waals surface area contributed by atoms with Gasteiger partial charge in [0.05, 0.1) is 5.41 Å². The number of likely N-dealkylation sites (tertiary alicyclic amines) is 1. The fourth-order valence-corrected chi connectivity index (χ4v) is 7.63. The summed E-state index contributed by atoms with van der Waals surface area (Å²) in [6.45, 7) is 1.81. The van der Waals surface area contributed by atoms with E-state index in [-0.39, 0.29) is 30.4 Å². The number of hydrogen-bond donors (Lipinski definition) is 3. The number of carboxylic acid groups (broad SMARTS) is 1. The molecule has 8 nitrogen and oxygen atoms in total. The number of aliphatic carboxylic acids is 1. The van der Waals surface area contributed by atoms with E-state index in [2.05, 4.69) is 51.9 Å². The van der Waals surface area contributed by atoms with Crippen LogP contribution in [0.4, 0.5) is 4.79 Å². The van der Waals surface area contributed by atoms with Gasteiger partial charge in [-0.1, -0.05) is 78.9 Å². The van der Waals surface area contributed by atoms with E-state index in [1.54, 1.807) is 0 Å². The zero-order chi connectivity index (χ0) is 28.9. The first kappa shape index (κ1) is 26.7. The van der Waals surface area contributed by atoms with Crippen molar-refractivity contribution in [2.45, 2.75) is 49.7 Å². The fraction of sp³-hybridized carbons (Fsp3) is 0.382. The molecule has 42 heavy (non-hydrogen) atoms. The van der Waals surface area contributed by atoms with Crippen molar-refractivity contribution in [3.8, 4) is 11.1 Å². The van der Waals surface area contributed by atoms with Crippen LogP contribution in [0.15, 0.2) is 78.9 Å². The number of carbonyl (C=O) groups excluding carboxylic acids is 2. The van der Waals surface area contributed by atoms with E-state index in [9.17, 15) is 19.5 Å². The van der Waals surface area contributed by atoms with Crippen LogP contribution in [0.5, 0.6) is 0 Å². The smallest absolute Gasteiger partial charge is 0.408 e. The predicted octanol–water partition coefficient (Wildman–Crippen LogP) is 4.54. The Bertz CT molecular complexity index is 1500. The van der Waals surface area contributed by atoms with Gasteiger partial charge in [-0.05, 0) is 59.4 Å².